The maximum Gasteiger partial charge on any atom is 0.0197 e. The highest BCUT2D eigenvalue weighted by Crippen LogP contribution is 2.47. The first kappa shape index (κ1) is 16.2. The molecule has 0 radical (unpaired) electrons. The van der Waals surface area contributed by atoms with Crippen LogP contribution in [0, 0.1) is 27.7 Å². The van der Waals surface area contributed by atoms with Crippen LogP contribution < -0.4 is 0 Å². The molecule has 2 aromatic heterocycles. The quantitative estimate of drug-likeness (QED) is 0.364. The number of aryl methyl sites for hydroxylation is 4. The smallest absolute Gasteiger partial charge is 0.0197 e. The minimum absolute atomic E-state index is 1.00. The van der Waals surface area contributed by atoms with Crippen LogP contribution in [0.2, 0.25) is 0 Å². The highest BCUT2D eigenvalue weighted by atomic mass is 14.7. The minimum atomic E-state index is 1.00. The van der Waals surface area contributed by atoms with Gasteiger partial charge in [-0.15, -0.1) is 0 Å². The molecule has 1 aliphatic carbocycles. The highest BCUT2D eigenvalue weighted by molar-refractivity contribution is 5.95. The second kappa shape index (κ2) is 5.75. The van der Waals surface area contributed by atoms with Crippen molar-refractivity contribution >= 4 is 0 Å². The molecule has 0 atom stereocenters. The van der Waals surface area contributed by atoms with Gasteiger partial charge in [0.05, 0.1) is 0 Å². The molecule has 0 spiro atoms. The van der Waals surface area contributed by atoms with Gasteiger partial charge in [-0.2, -0.15) is 0 Å². The molecule has 2 aromatic carbocycles. The zero-order valence-corrected chi connectivity index (χ0v) is 16.3. The Kier molecular flexibility index (Phi) is 3.45. The summed E-state index contributed by atoms with van der Waals surface area (Å²) in [5.74, 6) is 0. The van der Waals surface area contributed by atoms with Crippen LogP contribution in [0.4, 0.5) is 0 Å². The van der Waals surface area contributed by atoms with Gasteiger partial charge in [0.25, 0.3) is 0 Å². The summed E-state index contributed by atoms with van der Waals surface area (Å²) >= 11 is 0. The molecule has 2 N–H and O–H groups in total. The highest BCUT2D eigenvalue weighted by Gasteiger charge is 2.26. The number of hydrogen-bond donors (Lipinski definition) is 2. The first-order valence-electron chi connectivity index (χ1n) is 9.60. The minimum Gasteiger partial charge on any atom is -0.362 e. The molecule has 0 bridgehead atoms. The van der Waals surface area contributed by atoms with Crippen LogP contribution in [-0.4, -0.2) is 9.97 Å². The zero-order valence-electron chi connectivity index (χ0n) is 16.3. The monoisotopic (exact) mass is 352 g/mol. The van der Waals surface area contributed by atoms with Crippen LogP contribution in [-0.2, 0) is 6.42 Å². The lowest BCUT2D eigenvalue weighted by atomic mass is 9.88. The summed E-state index contributed by atoms with van der Waals surface area (Å²) in [5.41, 5.74) is 15.9. The van der Waals surface area contributed by atoms with E-state index in [9.17, 15) is 0 Å². The predicted octanol–water partition coefficient (Wildman–Crippen LogP) is 6.48. The van der Waals surface area contributed by atoms with Crippen molar-refractivity contribution in [3.63, 3.8) is 0 Å². The summed E-state index contributed by atoms with van der Waals surface area (Å²) in [4.78, 5) is 6.99. The van der Waals surface area contributed by atoms with Crippen LogP contribution in [0.1, 0.15) is 33.9 Å². The summed E-state index contributed by atoms with van der Waals surface area (Å²) in [6.07, 6.45) is 1.00. The van der Waals surface area contributed by atoms with E-state index in [2.05, 4.69) is 86.2 Å². The normalized spacial score (nSPS) is 12.3. The molecule has 5 rings (SSSR count). The number of benzene rings is 2. The Bertz CT molecular complexity index is 1190. The largest absolute Gasteiger partial charge is 0.362 e. The zero-order chi connectivity index (χ0) is 18.7. The second-order valence-electron chi connectivity index (χ2n) is 7.83. The lowest BCUT2D eigenvalue weighted by Gasteiger charge is -2.15. The lowest BCUT2D eigenvalue weighted by molar-refractivity contribution is 1.18. The van der Waals surface area contributed by atoms with E-state index in [0.29, 0.717) is 0 Å². The standard InChI is InChI=1S/C25H24N2/c1-14-11-22(16(3)26-14)21-10-9-20-19-8-6-5-7-18(19)13-24(20)25(21)23-12-15(2)27-17(23)4/h5-12,26-27H,13H2,1-4H3. The first-order chi connectivity index (χ1) is 13.0. The topological polar surface area (TPSA) is 31.6 Å². The Morgan fingerprint density at radius 1 is 0.630 bits per heavy atom. The maximum atomic E-state index is 3.51. The van der Waals surface area contributed by atoms with E-state index < -0.39 is 0 Å². The number of rotatable bonds is 2. The van der Waals surface area contributed by atoms with E-state index in [1.807, 2.05) is 0 Å². The first-order valence-corrected chi connectivity index (χ1v) is 9.60. The van der Waals surface area contributed by atoms with Gasteiger partial charge < -0.3 is 9.97 Å². The van der Waals surface area contributed by atoms with Crippen molar-refractivity contribution in [3.05, 3.63) is 82.4 Å². The Morgan fingerprint density at radius 3 is 1.93 bits per heavy atom. The third-order valence-electron chi connectivity index (χ3n) is 5.85. The van der Waals surface area contributed by atoms with Gasteiger partial charge >= 0.3 is 0 Å². The Hall–Kier alpha value is -3.00. The van der Waals surface area contributed by atoms with Crippen molar-refractivity contribution in [3.8, 4) is 33.4 Å². The molecule has 0 amide bonds. The summed E-state index contributed by atoms with van der Waals surface area (Å²) in [6.45, 7) is 8.62. The second-order valence-corrected chi connectivity index (χ2v) is 7.83. The Balaban J connectivity index is 1.85. The molecular formula is C25H24N2. The number of H-pyrrole nitrogens is 2. The number of nitrogens with one attached hydrogen (secondary N) is 2. The molecule has 2 heterocycles. The van der Waals surface area contributed by atoms with Gasteiger partial charge in [-0.25, -0.2) is 0 Å². The van der Waals surface area contributed by atoms with Crippen molar-refractivity contribution in [2.45, 2.75) is 34.1 Å². The Labute approximate surface area is 160 Å². The molecule has 0 fully saturated rings. The molecule has 0 saturated heterocycles. The molecular weight excluding hydrogens is 328 g/mol. The molecule has 1 aliphatic rings. The molecule has 2 nitrogen and oxygen atoms in total. The third kappa shape index (κ3) is 2.40. The van der Waals surface area contributed by atoms with Crippen molar-refractivity contribution in [1.82, 2.24) is 9.97 Å². The average molecular weight is 352 g/mol. The van der Waals surface area contributed by atoms with Crippen molar-refractivity contribution in [2.24, 2.45) is 0 Å². The molecule has 27 heavy (non-hydrogen) atoms. The number of aromatic amines is 2. The lowest BCUT2D eigenvalue weighted by Crippen LogP contribution is -1.94. The Morgan fingerprint density at radius 2 is 1.26 bits per heavy atom. The van der Waals surface area contributed by atoms with Crippen LogP contribution in [0.3, 0.4) is 0 Å². The summed E-state index contributed by atoms with van der Waals surface area (Å²) < 4.78 is 0. The van der Waals surface area contributed by atoms with Crippen LogP contribution >= 0.6 is 0 Å². The van der Waals surface area contributed by atoms with Crippen molar-refractivity contribution in [1.29, 1.82) is 0 Å². The van der Waals surface area contributed by atoms with E-state index in [1.54, 1.807) is 0 Å². The molecule has 134 valence electrons. The molecule has 0 aliphatic heterocycles. The van der Waals surface area contributed by atoms with Gasteiger partial charge in [-0.05, 0) is 79.6 Å². The fourth-order valence-corrected chi connectivity index (χ4v) is 4.73. The van der Waals surface area contributed by atoms with Gasteiger partial charge in [-0.3, -0.25) is 0 Å². The molecule has 0 saturated carbocycles. The van der Waals surface area contributed by atoms with E-state index in [-0.39, 0.29) is 0 Å². The SMILES string of the molecule is Cc1cc(-c2ccc3c(c2-c2cc(C)[nH]c2C)Cc2ccccc2-3)c(C)[nH]1. The van der Waals surface area contributed by atoms with Crippen LogP contribution in [0.15, 0.2) is 48.5 Å². The van der Waals surface area contributed by atoms with Crippen molar-refractivity contribution in [2.75, 3.05) is 0 Å². The van der Waals surface area contributed by atoms with Gasteiger partial charge in [0.15, 0.2) is 0 Å². The fourth-order valence-electron chi connectivity index (χ4n) is 4.73. The summed E-state index contributed by atoms with van der Waals surface area (Å²) in [7, 11) is 0. The molecule has 4 aromatic rings. The summed E-state index contributed by atoms with van der Waals surface area (Å²) in [5, 5.41) is 0. The van der Waals surface area contributed by atoms with Crippen LogP contribution in [0.25, 0.3) is 33.4 Å². The number of hydrogen-bond acceptors (Lipinski definition) is 0. The van der Waals surface area contributed by atoms with Crippen LogP contribution in [0.5, 0.6) is 0 Å². The van der Waals surface area contributed by atoms with Gasteiger partial charge in [-0.1, -0.05) is 36.4 Å². The predicted molar refractivity (Wildman–Crippen MR) is 113 cm³/mol. The number of aromatic nitrogens is 2. The van der Waals surface area contributed by atoms with E-state index in [4.69, 9.17) is 0 Å². The van der Waals surface area contributed by atoms with Crippen molar-refractivity contribution < 1.29 is 0 Å². The summed E-state index contributed by atoms with van der Waals surface area (Å²) in [6, 6.07) is 18.0. The van der Waals surface area contributed by atoms with Gasteiger partial charge in [0.1, 0.15) is 0 Å². The van der Waals surface area contributed by atoms with E-state index in [0.717, 1.165) is 6.42 Å². The van der Waals surface area contributed by atoms with Gasteiger partial charge in [0, 0.05) is 33.9 Å². The van der Waals surface area contributed by atoms with Gasteiger partial charge in [0.2, 0.25) is 0 Å². The maximum absolute atomic E-state index is 3.51. The number of fused-ring (bicyclic) bond motifs is 3. The van der Waals surface area contributed by atoms with E-state index >= 15 is 0 Å². The fraction of sp³-hybridized carbons (Fsp3) is 0.200. The van der Waals surface area contributed by atoms with E-state index in [1.165, 1.54) is 67.3 Å². The average Bonchev–Trinajstić information content (AvgIpc) is 3.28. The molecule has 2 heteroatoms. The molecule has 0 unspecified atom stereocenters. The third-order valence-corrected chi connectivity index (χ3v) is 5.85.